The molecule has 2 aromatic carbocycles. The number of nitrogens with zero attached hydrogens (tertiary/aromatic N) is 1. The zero-order chi connectivity index (χ0) is 17.3. The van der Waals surface area contributed by atoms with Crippen molar-refractivity contribution in [3.8, 4) is 0 Å². The van der Waals surface area contributed by atoms with Gasteiger partial charge in [-0.25, -0.2) is 0 Å². The topological polar surface area (TPSA) is 53.2 Å². The number of H-pyrrole nitrogens is 1. The fraction of sp³-hybridized carbons (Fsp3) is 0.158. The van der Waals surface area contributed by atoms with Crippen molar-refractivity contribution in [2.45, 2.75) is 13.5 Å². The number of carbonyl (C=O) groups is 1. The zero-order valence-corrected chi connectivity index (χ0v) is 15.1. The molecule has 0 aliphatic carbocycles. The maximum absolute atomic E-state index is 12.6. The third kappa shape index (κ3) is 3.26. The highest BCUT2D eigenvalue weighted by Gasteiger charge is 2.16. The van der Waals surface area contributed by atoms with Crippen LogP contribution in [0.5, 0.6) is 0 Å². The molecule has 0 aliphatic heterocycles. The first kappa shape index (κ1) is 16.5. The van der Waals surface area contributed by atoms with Gasteiger partial charge in [-0.05, 0) is 58.6 Å². The third-order valence-corrected chi connectivity index (χ3v) is 4.63. The van der Waals surface area contributed by atoms with Crippen LogP contribution in [0.4, 0.5) is 0 Å². The number of amides is 1. The van der Waals surface area contributed by atoms with Crippen molar-refractivity contribution in [2.75, 3.05) is 7.05 Å². The van der Waals surface area contributed by atoms with Crippen LogP contribution in [0, 0.1) is 6.92 Å². The van der Waals surface area contributed by atoms with Crippen LogP contribution in [-0.4, -0.2) is 22.8 Å². The van der Waals surface area contributed by atoms with E-state index in [1.54, 1.807) is 18.0 Å². The summed E-state index contributed by atoms with van der Waals surface area (Å²) in [7, 11) is 1.70. The van der Waals surface area contributed by atoms with Gasteiger partial charge in [-0.3, -0.25) is 9.59 Å². The SMILES string of the molecule is Cc1ccc2[nH]c(=O)c(CN(C)C(=O)c3ccccc3Br)cc2c1. The van der Waals surface area contributed by atoms with Crippen molar-refractivity contribution in [1.29, 1.82) is 0 Å². The van der Waals surface area contributed by atoms with Crippen LogP contribution >= 0.6 is 15.9 Å². The molecule has 122 valence electrons. The predicted molar refractivity (Wildman–Crippen MR) is 99.2 cm³/mol. The number of rotatable bonds is 3. The lowest BCUT2D eigenvalue weighted by molar-refractivity contribution is 0.0784. The Bertz CT molecular complexity index is 979. The first-order valence-corrected chi connectivity index (χ1v) is 8.37. The Morgan fingerprint density at radius 1 is 1.17 bits per heavy atom. The van der Waals surface area contributed by atoms with E-state index in [-0.39, 0.29) is 18.0 Å². The number of benzene rings is 2. The molecule has 1 N–H and O–H groups in total. The fourth-order valence-corrected chi connectivity index (χ4v) is 3.11. The van der Waals surface area contributed by atoms with Gasteiger partial charge in [0.2, 0.25) is 0 Å². The van der Waals surface area contributed by atoms with E-state index in [0.717, 1.165) is 20.9 Å². The van der Waals surface area contributed by atoms with Crippen LogP contribution in [0.25, 0.3) is 10.9 Å². The van der Waals surface area contributed by atoms with E-state index in [4.69, 9.17) is 0 Å². The number of halogens is 1. The Morgan fingerprint density at radius 3 is 2.67 bits per heavy atom. The second-order valence-corrected chi connectivity index (χ2v) is 6.71. The van der Waals surface area contributed by atoms with Crippen LogP contribution in [-0.2, 0) is 6.54 Å². The van der Waals surface area contributed by atoms with Crippen LogP contribution in [0.3, 0.4) is 0 Å². The molecule has 0 atom stereocenters. The van der Waals surface area contributed by atoms with E-state index in [9.17, 15) is 9.59 Å². The van der Waals surface area contributed by atoms with Gasteiger partial charge in [0.25, 0.3) is 11.5 Å². The van der Waals surface area contributed by atoms with Gasteiger partial charge in [0.05, 0.1) is 12.1 Å². The lowest BCUT2D eigenvalue weighted by Gasteiger charge is -2.18. The molecule has 0 saturated carbocycles. The Morgan fingerprint density at radius 2 is 1.92 bits per heavy atom. The van der Waals surface area contributed by atoms with E-state index in [0.29, 0.717) is 11.1 Å². The molecule has 1 heterocycles. The number of fused-ring (bicyclic) bond motifs is 1. The fourth-order valence-electron chi connectivity index (χ4n) is 2.66. The summed E-state index contributed by atoms with van der Waals surface area (Å²) in [6, 6.07) is 15.0. The molecular weight excluding hydrogens is 368 g/mol. The van der Waals surface area contributed by atoms with Crippen molar-refractivity contribution in [1.82, 2.24) is 9.88 Å². The number of hydrogen-bond donors (Lipinski definition) is 1. The van der Waals surface area contributed by atoms with Crippen LogP contribution in [0.1, 0.15) is 21.5 Å². The Kier molecular flexibility index (Phi) is 4.53. The first-order valence-electron chi connectivity index (χ1n) is 7.58. The number of hydrogen-bond acceptors (Lipinski definition) is 2. The van der Waals surface area contributed by atoms with Crippen molar-refractivity contribution in [3.63, 3.8) is 0 Å². The molecule has 0 unspecified atom stereocenters. The lowest BCUT2D eigenvalue weighted by Crippen LogP contribution is -2.29. The Labute approximate surface area is 148 Å². The minimum atomic E-state index is -0.168. The molecule has 24 heavy (non-hydrogen) atoms. The Balaban J connectivity index is 1.91. The maximum Gasteiger partial charge on any atom is 0.255 e. The molecule has 0 spiro atoms. The van der Waals surface area contributed by atoms with Gasteiger partial charge in [0.1, 0.15) is 0 Å². The molecular formula is C19H17BrN2O2. The molecule has 0 aliphatic rings. The number of aromatic amines is 1. The van der Waals surface area contributed by atoms with E-state index in [2.05, 4.69) is 20.9 Å². The average Bonchev–Trinajstić information content (AvgIpc) is 2.55. The van der Waals surface area contributed by atoms with Gasteiger partial charge in [-0.2, -0.15) is 0 Å². The maximum atomic E-state index is 12.6. The van der Waals surface area contributed by atoms with E-state index in [1.165, 1.54) is 0 Å². The monoisotopic (exact) mass is 384 g/mol. The van der Waals surface area contributed by atoms with Gasteiger partial charge in [0.15, 0.2) is 0 Å². The van der Waals surface area contributed by atoms with Crippen LogP contribution < -0.4 is 5.56 Å². The summed E-state index contributed by atoms with van der Waals surface area (Å²) in [5.41, 5.74) is 2.90. The smallest absolute Gasteiger partial charge is 0.255 e. The average molecular weight is 385 g/mol. The van der Waals surface area contributed by atoms with E-state index in [1.807, 2.05) is 49.4 Å². The van der Waals surface area contributed by atoms with E-state index >= 15 is 0 Å². The van der Waals surface area contributed by atoms with Crippen molar-refractivity contribution in [2.24, 2.45) is 0 Å². The second-order valence-electron chi connectivity index (χ2n) is 5.86. The molecule has 0 bridgehead atoms. The number of carbonyl (C=O) groups excluding carboxylic acids is 1. The van der Waals surface area contributed by atoms with Crippen LogP contribution in [0.15, 0.2) is 57.8 Å². The normalized spacial score (nSPS) is 10.8. The lowest BCUT2D eigenvalue weighted by atomic mass is 10.1. The molecule has 5 heteroatoms. The highest BCUT2D eigenvalue weighted by atomic mass is 79.9. The third-order valence-electron chi connectivity index (χ3n) is 3.94. The summed E-state index contributed by atoms with van der Waals surface area (Å²) in [4.78, 5) is 29.3. The van der Waals surface area contributed by atoms with Gasteiger partial charge in [0, 0.05) is 22.6 Å². The van der Waals surface area contributed by atoms with Crippen molar-refractivity contribution < 1.29 is 4.79 Å². The Hall–Kier alpha value is -2.40. The second kappa shape index (κ2) is 6.61. The van der Waals surface area contributed by atoms with Gasteiger partial charge in [-0.15, -0.1) is 0 Å². The van der Waals surface area contributed by atoms with Gasteiger partial charge >= 0.3 is 0 Å². The summed E-state index contributed by atoms with van der Waals surface area (Å²) in [6.45, 7) is 2.26. The summed E-state index contributed by atoms with van der Waals surface area (Å²) in [6.07, 6.45) is 0. The molecule has 0 radical (unpaired) electrons. The summed E-state index contributed by atoms with van der Waals surface area (Å²) in [5, 5.41) is 0.964. The van der Waals surface area contributed by atoms with Gasteiger partial charge < -0.3 is 9.88 Å². The molecule has 1 aromatic heterocycles. The quantitative estimate of drug-likeness (QED) is 0.744. The molecule has 4 nitrogen and oxygen atoms in total. The minimum Gasteiger partial charge on any atom is -0.337 e. The first-order chi connectivity index (χ1) is 11.5. The molecule has 1 amide bonds. The number of pyridine rings is 1. The summed E-state index contributed by atoms with van der Waals surface area (Å²) >= 11 is 3.39. The number of aromatic nitrogens is 1. The minimum absolute atomic E-state index is 0.133. The standard InChI is InChI=1S/C19H17BrN2O2/c1-12-7-8-17-13(9-12)10-14(18(23)21-17)11-22(2)19(24)15-5-3-4-6-16(15)20/h3-10H,11H2,1-2H3,(H,21,23). The summed E-state index contributed by atoms with van der Waals surface area (Å²) < 4.78 is 0.741. The molecule has 3 rings (SSSR count). The number of nitrogens with one attached hydrogen (secondary N) is 1. The van der Waals surface area contributed by atoms with Gasteiger partial charge in [-0.1, -0.05) is 23.8 Å². The molecule has 3 aromatic rings. The predicted octanol–water partition coefficient (Wildman–Crippen LogP) is 3.87. The van der Waals surface area contributed by atoms with E-state index < -0.39 is 0 Å². The molecule has 0 fully saturated rings. The van der Waals surface area contributed by atoms with Crippen LogP contribution in [0.2, 0.25) is 0 Å². The highest BCUT2D eigenvalue weighted by molar-refractivity contribution is 9.10. The summed E-state index contributed by atoms with van der Waals surface area (Å²) in [5.74, 6) is -0.133. The van der Waals surface area contributed by atoms with Crippen molar-refractivity contribution in [3.05, 3.63) is 80.0 Å². The zero-order valence-electron chi connectivity index (χ0n) is 13.5. The largest absolute Gasteiger partial charge is 0.337 e. The van der Waals surface area contributed by atoms with Crippen molar-refractivity contribution >= 4 is 32.7 Å². The molecule has 0 saturated heterocycles. The highest BCUT2D eigenvalue weighted by Crippen LogP contribution is 2.19. The number of aryl methyl sites for hydroxylation is 1.